The average molecular weight is 1320 g/mol. The molecule has 2 aliphatic rings. The van der Waals surface area contributed by atoms with E-state index in [1.54, 1.807) is 101 Å². The highest BCUT2D eigenvalue weighted by atomic mass is 35.5. The van der Waals surface area contributed by atoms with E-state index in [0.29, 0.717) is 43.8 Å². The van der Waals surface area contributed by atoms with Gasteiger partial charge in [0.15, 0.2) is 6.10 Å². The van der Waals surface area contributed by atoms with Gasteiger partial charge in [0.05, 0.1) is 23.7 Å². The number of hydrogen-bond donors (Lipinski definition) is 9. The molecule has 0 radical (unpaired) electrons. The number of ether oxygens (including phenoxy) is 4. The Hall–Kier alpha value is -9.11. The highest BCUT2D eigenvalue weighted by Crippen LogP contribution is 2.30. The Morgan fingerprint density at radius 3 is 2.13 bits per heavy atom. The molecule has 1 unspecified atom stereocenters. The summed E-state index contributed by atoms with van der Waals surface area (Å²) >= 11 is 6.37. The molecule has 2 aliphatic heterocycles. The molecule has 10 N–H and O–H groups in total. The van der Waals surface area contributed by atoms with E-state index in [2.05, 4.69) is 37.2 Å². The summed E-state index contributed by atoms with van der Waals surface area (Å²) < 4.78 is 22.6. The molecule has 506 valence electrons. The lowest BCUT2D eigenvalue weighted by atomic mass is 9.91. The summed E-state index contributed by atoms with van der Waals surface area (Å²) in [7, 11) is 1.47. The van der Waals surface area contributed by atoms with E-state index in [9.17, 15) is 62.6 Å². The molecule has 7 atom stereocenters. The number of nitrogens with zero attached hydrogens (tertiary/aromatic N) is 1. The van der Waals surface area contributed by atoms with E-state index in [0.717, 1.165) is 0 Å². The van der Waals surface area contributed by atoms with E-state index in [1.165, 1.54) is 19.3 Å². The Labute approximate surface area is 545 Å². The van der Waals surface area contributed by atoms with Gasteiger partial charge in [-0.25, -0.2) is 19.2 Å². The summed E-state index contributed by atoms with van der Waals surface area (Å²) in [6.45, 7) is 11.8. The molecule has 27 nitrogen and oxygen atoms in total. The van der Waals surface area contributed by atoms with Crippen molar-refractivity contribution in [2.45, 2.75) is 169 Å². The minimum Gasteiger partial charge on any atom is -0.495 e. The molecule has 0 bridgehead atoms. The number of primary amides is 1. The standard InChI is InChI=1S/C65H86ClN9O18/c1-37(2)30-51-61(85)91-49(13-9-14-52(77)72-47(33-42-21-26-50(89-8)45(66)32-42)58(82)70-36-65(6,7)62(86)92-51)39(5)31-48(76)43-22-17-40(18-23-43)34-69-64(88)90-35-41-19-24-44(25-20-41)71-59(83)46(12-11-29-68-63(67)87)73-60(84)57(38(3)4)74-53(78)15-10-16-56(81)93-75-54(79)27-28-55(75)80/h9,14,17-26,32,37-39,46-49,51,57,76H,10-13,15-16,27-31,33-36H2,1-8H3,(H,69,88)(H,70,82)(H,71,83)(H,72,77)(H,73,84)(H,74,78)(H3,67,68,87)/b14-9+/t39-,46+,47-,48-,49+,51+,57?/m1/s1. The number of halogens is 1. The number of nitrogens with one attached hydrogen (secondary N) is 7. The third kappa shape index (κ3) is 24.8. The molecule has 5 rings (SSSR count). The average Bonchev–Trinajstić information content (AvgIpc) is 1.16. The second-order valence-corrected chi connectivity index (χ2v) is 24.6. The van der Waals surface area contributed by atoms with Crippen molar-refractivity contribution >= 4 is 88.7 Å². The number of methoxy groups -OCH3 is 1. The van der Waals surface area contributed by atoms with E-state index in [-0.39, 0.29) is 103 Å². The number of anilines is 1. The number of carbonyl (C=O) groups is 12. The predicted molar refractivity (Wildman–Crippen MR) is 337 cm³/mol. The van der Waals surface area contributed by atoms with Gasteiger partial charge in [-0.15, -0.1) is 5.06 Å². The Kier molecular flexibility index (Phi) is 29.1. The van der Waals surface area contributed by atoms with Crippen molar-refractivity contribution < 1.29 is 86.4 Å². The number of nitrogens with two attached hydrogens (primary N) is 1. The number of urea groups is 1. The molecular weight excluding hydrogens is 1230 g/mol. The Bertz CT molecular complexity index is 3160. The van der Waals surface area contributed by atoms with Crippen LogP contribution in [0, 0.1) is 23.2 Å². The first-order valence-corrected chi connectivity index (χ1v) is 31.2. The van der Waals surface area contributed by atoms with Crippen molar-refractivity contribution in [3.05, 3.63) is 106 Å². The van der Waals surface area contributed by atoms with Crippen molar-refractivity contribution in [3.8, 4) is 5.75 Å². The maximum absolute atomic E-state index is 13.9. The molecule has 2 heterocycles. The zero-order valence-corrected chi connectivity index (χ0v) is 54.4. The molecule has 0 spiro atoms. The second-order valence-electron chi connectivity index (χ2n) is 24.2. The fourth-order valence-corrected chi connectivity index (χ4v) is 9.94. The van der Waals surface area contributed by atoms with Crippen LogP contribution in [0.4, 0.5) is 15.3 Å². The van der Waals surface area contributed by atoms with Gasteiger partial charge in [-0.1, -0.05) is 94.8 Å². The van der Waals surface area contributed by atoms with Gasteiger partial charge in [-0.05, 0) is 116 Å². The molecule has 3 aromatic rings. The quantitative estimate of drug-likeness (QED) is 0.0192. The fourth-order valence-electron chi connectivity index (χ4n) is 9.66. The van der Waals surface area contributed by atoms with Crippen LogP contribution in [-0.4, -0.2) is 132 Å². The van der Waals surface area contributed by atoms with Gasteiger partial charge in [0.25, 0.3) is 11.8 Å². The number of carbonyl (C=O) groups excluding carboxylic acids is 12. The summed E-state index contributed by atoms with van der Waals surface area (Å²) in [4.78, 5) is 160. The lowest BCUT2D eigenvalue weighted by Gasteiger charge is -2.30. The molecule has 0 aliphatic carbocycles. The number of imide groups is 1. The number of aliphatic hydroxyl groups is 1. The number of rotatable bonds is 28. The Balaban J connectivity index is 1.14. The largest absolute Gasteiger partial charge is 0.495 e. The number of cyclic esters (lactones) is 2. The van der Waals surface area contributed by atoms with Crippen molar-refractivity contribution in [1.29, 1.82) is 0 Å². The number of hydrogen-bond acceptors (Lipinski definition) is 18. The molecule has 93 heavy (non-hydrogen) atoms. The van der Waals surface area contributed by atoms with Crippen LogP contribution in [0.5, 0.6) is 5.75 Å². The van der Waals surface area contributed by atoms with E-state index in [4.69, 9.17) is 41.1 Å². The number of esters is 2. The Morgan fingerprint density at radius 2 is 1.49 bits per heavy atom. The maximum atomic E-state index is 13.9. The van der Waals surface area contributed by atoms with Gasteiger partial charge in [0.2, 0.25) is 29.5 Å². The molecule has 0 saturated carbocycles. The first-order chi connectivity index (χ1) is 44.0. The smallest absolute Gasteiger partial charge is 0.407 e. The monoisotopic (exact) mass is 1320 g/mol. The molecule has 10 amide bonds. The lowest BCUT2D eigenvalue weighted by molar-refractivity contribution is -0.197. The van der Waals surface area contributed by atoms with Crippen LogP contribution in [0.2, 0.25) is 5.02 Å². The van der Waals surface area contributed by atoms with Crippen molar-refractivity contribution in [2.24, 2.45) is 28.9 Å². The summed E-state index contributed by atoms with van der Waals surface area (Å²) in [6, 6.07) is 14.0. The van der Waals surface area contributed by atoms with Gasteiger partial charge < -0.3 is 71.8 Å². The number of aliphatic hydroxyl groups excluding tert-OH is 1. The van der Waals surface area contributed by atoms with Crippen LogP contribution in [0.3, 0.4) is 0 Å². The van der Waals surface area contributed by atoms with Crippen molar-refractivity contribution in [2.75, 3.05) is 25.5 Å². The lowest BCUT2D eigenvalue weighted by Crippen LogP contribution is -2.54. The summed E-state index contributed by atoms with van der Waals surface area (Å²) in [5.41, 5.74) is 6.59. The van der Waals surface area contributed by atoms with E-state index >= 15 is 0 Å². The molecule has 28 heteroatoms. The predicted octanol–water partition coefficient (Wildman–Crippen LogP) is 5.32. The fraction of sp³-hybridized carbons (Fsp3) is 0.508. The van der Waals surface area contributed by atoms with Crippen LogP contribution in [0.15, 0.2) is 78.9 Å². The first kappa shape index (κ1) is 74.6. The topological polar surface area (TPSA) is 385 Å². The third-order valence-corrected chi connectivity index (χ3v) is 15.4. The van der Waals surface area contributed by atoms with E-state index < -0.39 is 125 Å². The van der Waals surface area contributed by atoms with Crippen LogP contribution < -0.4 is 47.7 Å². The Morgan fingerprint density at radius 1 is 0.828 bits per heavy atom. The van der Waals surface area contributed by atoms with Gasteiger partial charge >= 0.3 is 30.0 Å². The molecule has 1 fully saturated rings. The highest BCUT2D eigenvalue weighted by molar-refractivity contribution is 6.32. The van der Waals surface area contributed by atoms with Crippen molar-refractivity contribution in [3.63, 3.8) is 0 Å². The SMILES string of the molecule is COc1ccc(C[C@H]2NC(=O)/C=C/C[C@@H]([C@H](C)C[C@@H](O)c3ccc(CNC(=O)OCc4ccc(NC(=O)[C@H](CCCNC(N)=O)NC(=O)C(NC(=O)CCCC(=O)ON5C(=O)CCC5=O)C(C)C)cc4)cc3)OC(=O)[C@H](CC(C)C)OC(=O)C(C)(C)CNC2=O)cc1Cl. The van der Waals surface area contributed by atoms with Crippen molar-refractivity contribution in [1.82, 2.24) is 37.0 Å². The van der Waals surface area contributed by atoms with Crippen LogP contribution in [0.1, 0.15) is 141 Å². The maximum Gasteiger partial charge on any atom is 0.407 e. The number of benzene rings is 3. The highest BCUT2D eigenvalue weighted by Gasteiger charge is 2.38. The summed E-state index contributed by atoms with van der Waals surface area (Å²) in [5.74, 6) is -7.43. The van der Waals surface area contributed by atoms with Gasteiger partial charge in [0.1, 0.15) is 36.6 Å². The third-order valence-electron chi connectivity index (χ3n) is 15.1. The summed E-state index contributed by atoms with van der Waals surface area (Å²) in [5, 5.41) is 30.9. The van der Waals surface area contributed by atoms with Crippen LogP contribution in [0.25, 0.3) is 0 Å². The normalized spacial score (nSPS) is 18.7. The van der Waals surface area contributed by atoms with Crippen LogP contribution >= 0.6 is 11.6 Å². The van der Waals surface area contributed by atoms with Gasteiger partial charge in [-0.2, -0.15) is 0 Å². The zero-order chi connectivity index (χ0) is 68.5. The second kappa shape index (κ2) is 36.2. The summed E-state index contributed by atoms with van der Waals surface area (Å²) in [6.07, 6.45) is -1.36. The molecule has 0 aromatic heterocycles. The molecule has 3 aromatic carbocycles. The number of alkyl carbamates (subject to hydrolysis) is 1. The zero-order valence-electron chi connectivity index (χ0n) is 53.6. The van der Waals surface area contributed by atoms with Crippen LogP contribution in [-0.2, 0) is 86.6 Å². The molecule has 1 saturated heterocycles. The van der Waals surface area contributed by atoms with Gasteiger partial charge in [0, 0.05) is 63.8 Å². The minimum absolute atomic E-state index is 0.0126. The van der Waals surface area contributed by atoms with E-state index in [1.807, 2.05) is 13.8 Å². The number of amides is 10. The number of hydroxylamine groups is 2. The first-order valence-electron chi connectivity index (χ1n) is 30.8. The minimum atomic E-state index is -1.31. The molecular formula is C65H86ClN9O18. The van der Waals surface area contributed by atoms with Gasteiger partial charge in [-0.3, -0.25) is 38.4 Å².